The summed E-state index contributed by atoms with van der Waals surface area (Å²) in [5, 5.41) is 0. The van der Waals surface area contributed by atoms with Crippen LogP contribution in [0.1, 0.15) is 43.6 Å². The minimum Gasteiger partial charge on any atom is -0.374 e. The number of thiol groups is 1. The lowest BCUT2D eigenvalue weighted by molar-refractivity contribution is 0.443. The molecule has 17 heavy (non-hydrogen) atoms. The number of nitrogens with zero attached hydrogens (tertiary/aromatic N) is 1. The van der Waals surface area contributed by atoms with E-state index in [1.807, 2.05) is 0 Å². The molecule has 0 radical (unpaired) electrons. The SMILES string of the molecule is CN(CCS)c1ccc(C2CCCCC2)cc1. The summed E-state index contributed by atoms with van der Waals surface area (Å²) in [6.07, 6.45) is 7.01. The van der Waals surface area contributed by atoms with E-state index in [1.54, 1.807) is 0 Å². The molecule has 0 saturated heterocycles. The Kier molecular flexibility index (Phi) is 4.78. The van der Waals surface area contributed by atoms with Crippen molar-refractivity contribution in [2.45, 2.75) is 38.0 Å². The third-order valence-corrected chi connectivity index (χ3v) is 4.05. The van der Waals surface area contributed by atoms with Gasteiger partial charge in [-0.05, 0) is 36.5 Å². The lowest BCUT2D eigenvalue weighted by Crippen LogP contribution is -2.19. The average Bonchev–Trinajstić information content (AvgIpc) is 2.40. The highest BCUT2D eigenvalue weighted by molar-refractivity contribution is 7.80. The Hall–Kier alpha value is -0.630. The van der Waals surface area contributed by atoms with Gasteiger partial charge in [0.1, 0.15) is 0 Å². The molecule has 0 atom stereocenters. The van der Waals surface area contributed by atoms with E-state index in [0.29, 0.717) is 0 Å². The van der Waals surface area contributed by atoms with Gasteiger partial charge in [0.25, 0.3) is 0 Å². The molecule has 0 N–H and O–H groups in total. The second-order valence-corrected chi connectivity index (χ2v) is 5.52. The fraction of sp³-hybridized carbons (Fsp3) is 0.600. The molecule has 1 saturated carbocycles. The van der Waals surface area contributed by atoms with Crippen molar-refractivity contribution in [3.8, 4) is 0 Å². The summed E-state index contributed by atoms with van der Waals surface area (Å²) in [5.74, 6) is 1.72. The van der Waals surface area contributed by atoms with Crippen molar-refractivity contribution >= 4 is 18.3 Å². The lowest BCUT2D eigenvalue weighted by atomic mass is 9.84. The van der Waals surface area contributed by atoms with Crippen molar-refractivity contribution in [3.63, 3.8) is 0 Å². The predicted molar refractivity (Wildman–Crippen MR) is 79.4 cm³/mol. The van der Waals surface area contributed by atoms with Crippen LogP contribution >= 0.6 is 12.6 Å². The molecule has 1 aromatic rings. The molecule has 2 heteroatoms. The van der Waals surface area contributed by atoms with Gasteiger partial charge in [-0.15, -0.1) is 0 Å². The molecule has 0 aromatic heterocycles. The molecule has 0 unspecified atom stereocenters. The standard InChI is InChI=1S/C15H23NS/c1-16(11-12-17)15-9-7-14(8-10-15)13-5-3-2-4-6-13/h7-10,13,17H,2-6,11-12H2,1H3. The third-order valence-electron chi connectivity index (χ3n) is 3.85. The van der Waals surface area contributed by atoms with E-state index in [1.165, 1.54) is 43.4 Å². The number of rotatable bonds is 4. The lowest BCUT2D eigenvalue weighted by Gasteiger charge is -2.23. The third kappa shape index (κ3) is 3.41. The van der Waals surface area contributed by atoms with Crippen LogP contribution < -0.4 is 4.90 Å². The van der Waals surface area contributed by atoms with Crippen LogP contribution in [0.25, 0.3) is 0 Å². The van der Waals surface area contributed by atoms with Crippen LogP contribution in [-0.2, 0) is 0 Å². The maximum atomic E-state index is 4.27. The molecule has 1 aliphatic carbocycles. The first-order chi connectivity index (χ1) is 8.31. The molecule has 1 fully saturated rings. The number of anilines is 1. The molecule has 1 aliphatic rings. The van der Waals surface area contributed by atoms with Gasteiger partial charge >= 0.3 is 0 Å². The van der Waals surface area contributed by atoms with E-state index in [4.69, 9.17) is 0 Å². The molecule has 0 aliphatic heterocycles. The van der Waals surface area contributed by atoms with Crippen molar-refractivity contribution in [2.75, 3.05) is 24.2 Å². The van der Waals surface area contributed by atoms with Crippen molar-refractivity contribution in [1.82, 2.24) is 0 Å². The summed E-state index contributed by atoms with van der Waals surface area (Å²) in [6.45, 7) is 1.01. The zero-order valence-electron chi connectivity index (χ0n) is 10.7. The molecule has 2 rings (SSSR count). The van der Waals surface area contributed by atoms with Gasteiger partial charge < -0.3 is 4.90 Å². The van der Waals surface area contributed by atoms with Crippen LogP contribution in [0.15, 0.2) is 24.3 Å². The summed E-state index contributed by atoms with van der Waals surface area (Å²) in [7, 11) is 2.13. The van der Waals surface area contributed by atoms with E-state index in [-0.39, 0.29) is 0 Å². The summed E-state index contributed by atoms with van der Waals surface area (Å²) in [4.78, 5) is 2.26. The van der Waals surface area contributed by atoms with Crippen LogP contribution in [0.2, 0.25) is 0 Å². The highest BCUT2D eigenvalue weighted by Gasteiger charge is 2.15. The molecule has 0 heterocycles. The number of hydrogen-bond donors (Lipinski definition) is 1. The Balaban J connectivity index is 2.01. The van der Waals surface area contributed by atoms with E-state index in [9.17, 15) is 0 Å². The van der Waals surface area contributed by atoms with E-state index >= 15 is 0 Å². The first-order valence-corrected chi connectivity index (χ1v) is 7.36. The van der Waals surface area contributed by atoms with Crippen molar-refractivity contribution in [3.05, 3.63) is 29.8 Å². The van der Waals surface area contributed by atoms with Crippen LogP contribution in [0.5, 0.6) is 0 Å². The highest BCUT2D eigenvalue weighted by atomic mass is 32.1. The largest absolute Gasteiger partial charge is 0.374 e. The Labute approximate surface area is 111 Å². The van der Waals surface area contributed by atoms with Crippen molar-refractivity contribution < 1.29 is 0 Å². The monoisotopic (exact) mass is 249 g/mol. The van der Waals surface area contributed by atoms with Gasteiger partial charge in [0.05, 0.1) is 0 Å². The van der Waals surface area contributed by atoms with Gasteiger partial charge in [-0.25, -0.2) is 0 Å². The molecule has 0 bridgehead atoms. The molecule has 94 valence electrons. The molecule has 0 spiro atoms. The first-order valence-electron chi connectivity index (χ1n) is 6.73. The zero-order chi connectivity index (χ0) is 12.1. The van der Waals surface area contributed by atoms with Gasteiger partial charge in [-0.1, -0.05) is 31.4 Å². The fourth-order valence-corrected chi connectivity index (χ4v) is 3.02. The van der Waals surface area contributed by atoms with Crippen LogP contribution in [0.4, 0.5) is 5.69 Å². The van der Waals surface area contributed by atoms with Gasteiger partial charge in [0.2, 0.25) is 0 Å². The highest BCUT2D eigenvalue weighted by Crippen LogP contribution is 2.33. The van der Waals surface area contributed by atoms with Gasteiger partial charge in [-0.3, -0.25) is 0 Å². The molecule has 1 aromatic carbocycles. The van der Waals surface area contributed by atoms with E-state index in [0.717, 1.165) is 18.2 Å². The van der Waals surface area contributed by atoms with Gasteiger partial charge in [0.15, 0.2) is 0 Å². The van der Waals surface area contributed by atoms with E-state index < -0.39 is 0 Å². The molecular formula is C15H23NS. The minimum absolute atomic E-state index is 0.813. The van der Waals surface area contributed by atoms with E-state index in [2.05, 4.69) is 48.8 Å². The summed E-state index contributed by atoms with van der Waals surface area (Å²) in [5.41, 5.74) is 2.84. The fourth-order valence-electron chi connectivity index (χ4n) is 2.72. The normalized spacial score (nSPS) is 17.1. The Bertz CT molecular complexity index is 327. The Morgan fingerprint density at radius 1 is 1.12 bits per heavy atom. The van der Waals surface area contributed by atoms with Crippen molar-refractivity contribution in [1.29, 1.82) is 0 Å². The molecule has 1 nitrogen and oxygen atoms in total. The van der Waals surface area contributed by atoms with Crippen molar-refractivity contribution in [2.24, 2.45) is 0 Å². The first kappa shape index (κ1) is 12.8. The Morgan fingerprint density at radius 3 is 2.35 bits per heavy atom. The maximum Gasteiger partial charge on any atom is 0.0364 e. The van der Waals surface area contributed by atoms with Crippen LogP contribution in [0.3, 0.4) is 0 Å². The minimum atomic E-state index is 0.813. The quantitative estimate of drug-likeness (QED) is 0.786. The summed E-state index contributed by atoms with van der Waals surface area (Å²) in [6, 6.07) is 9.15. The average molecular weight is 249 g/mol. The molecular weight excluding hydrogens is 226 g/mol. The second-order valence-electron chi connectivity index (χ2n) is 5.07. The number of benzene rings is 1. The maximum absolute atomic E-state index is 4.27. The zero-order valence-corrected chi connectivity index (χ0v) is 11.6. The molecule has 0 amide bonds. The van der Waals surface area contributed by atoms with Crippen LogP contribution in [-0.4, -0.2) is 19.3 Å². The smallest absolute Gasteiger partial charge is 0.0364 e. The number of hydrogen-bond acceptors (Lipinski definition) is 2. The topological polar surface area (TPSA) is 3.24 Å². The Morgan fingerprint density at radius 2 is 1.76 bits per heavy atom. The summed E-state index contributed by atoms with van der Waals surface area (Å²) >= 11 is 4.27. The van der Waals surface area contributed by atoms with Gasteiger partial charge in [-0.2, -0.15) is 12.6 Å². The predicted octanol–water partition coefficient (Wildman–Crippen LogP) is 4.10. The van der Waals surface area contributed by atoms with Crippen LogP contribution in [0, 0.1) is 0 Å². The van der Waals surface area contributed by atoms with Gasteiger partial charge in [0, 0.05) is 25.0 Å². The summed E-state index contributed by atoms with van der Waals surface area (Å²) < 4.78 is 0. The second kappa shape index (κ2) is 6.34.